The summed E-state index contributed by atoms with van der Waals surface area (Å²) in [4.78, 5) is 14.6. The molecule has 0 atom stereocenters. The van der Waals surface area contributed by atoms with E-state index >= 15 is 0 Å². The highest BCUT2D eigenvalue weighted by Gasteiger charge is 2.42. The Balaban J connectivity index is 3.55. The molecule has 1 rings (SSSR count). The van der Waals surface area contributed by atoms with E-state index in [-0.39, 0.29) is 11.9 Å². The fraction of sp³-hybridized carbons (Fsp3) is 0.455. The zero-order chi connectivity index (χ0) is 17.1. The summed E-state index contributed by atoms with van der Waals surface area (Å²) in [5.41, 5.74) is -2.84. The van der Waals surface area contributed by atoms with E-state index in [1.807, 2.05) is 0 Å². The van der Waals surface area contributed by atoms with Crippen LogP contribution >= 0.6 is 11.6 Å². The van der Waals surface area contributed by atoms with Crippen LogP contribution < -0.4 is 4.74 Å². The van der Waals surface area contributed by atoms with Crippen LogP contribution in [0.3, 0.4) is 0 Å². The van der Waals surface area contributed by atoms with E-state index in [0.717, 1.165) is 7.11 Å². The number of carbonyl (C=O) groups is 1. The molecule has 1 aromatic heterocycles. The number of esters is 1. The molecule has 124 valence electrons. The molecular formula is C11H8ClF6NO3. The second-order valence-corrected chi connectivity index (χ2v) is 4.13. The Morgan fingerprint density at radius 1 is 1.27 bits per heavy atom. The van der Waals surface area contributed by atoms with Gasteiger partial charge in [-0.05, 0) is 0 Å². The molecule has 0 N–H and O–H groups in total. The standard InChI is InChI=1S/C11H8ClF6NO3/c1-21-8(20)2-5-7(3-12)19-4-6(10(13,14)15)9(5)22-11(16,17)18/h4H,2-3H2,1H3. The van der Waals surface area contributed by atoms with Crippen LogP contribution in [0.1, 0.15) is 16.8 Å². The number of hydrogen-bond acceptors (Lipinski definition) is 4. The van der Waals surface area contributed by atoms with Gasteiger partial charge < -0.3 is 9.47 Å². The lowest BCUT2D eigenvalue weighted by atomic mass is 10.1. The second kappa shape index (κ2) is 6.59. The van der Waals surface area contributed by atoms with Crippen LogP contribution in [0.2, 0.25) is 0 Å². The molecule has 0 spiro atoms. The van der Waals surface area contributed by atoms with Crippen molar-refractivity contribution in [3.63, 3.8) is 0 Å². The molecule has 0 saturated heterocycles. The third-order valence-electron chi connectivity index (χ3n) is 2.42. The fourth-order valence-electron chi connectivity index (χ4n) is 1.52. The second-order valence-electron chi connectivity index (χ2n) is 3.86. The summed E-state index contributed by atoms with van der Waals surface area (Å²) in [5.74, 6) is -3.14. The van der Waals surface area contributed by atoms with E-state index in [1.54, 1.807) is 0 Å². The lowest BCUT2D eigenvalue weighted by Gasteiger charge is -2.19. The quantitative estimate of drug-likeness (QED) is 0.473. The van der Waals surface area contributed by atoms with E-state index < -0.39 is 47.7 Å². The van der Waals surface area contributed by atoms with Crippen molar-refractivity contribution in [3.8, 4) is 5.75 Å². The number of halogens is 7. The van der Waals surface area contributed by atoms with Crippen molar-refractivity contribution in [3.05, 3.63) is 23.0 Å². The highest BCUT2D eigenvalue weighted by molar-refractivity contribution is 6.17. The predicted octanol–water partition coefficient (Wildman–Crippen LogP) is 3.45. The summed E-state index contributed by atoms with van der Waals surface area (Å²) >= 11 is 5.44. The van der Waals surface area contributed by atoms with Crippen molar-refractivity contribution in [1.82, 2.24) is 4.98 Å². The maximum absolute atomic E-state index is 12.8. The zero-order valence-electron chi connectivity index (χ0n) is 10.8. The molecule has 22 heavy (non-hydrogen) atoms. The zero-order valence-corrected chi connectivity index (χ0v) is 11.6. The highest BCUT2D eigenvalue weighted by Crippen LogP contribution is 2.41. The lowest BCUT2D eigenvalue weighted by molar-refractivity contribution is -0.276. The predicted molar refractivity (Wildman–Crippen MR) is 61.2 cm³/mol. The molecule has 1 aromatic rings. The topological polar surface area (TPSA) is 48.4 Å². The van der Waals surface area contributed by atoms with Crippen LogP contribution in [0.15, 0.2) is 6.20 Å². The molecule has 1 heterocycles. The Hall–Kier alpha value is -1.71. The Labute approximate surface area is 125 Å². The first kappa shape index (κ1) is 18.3. The third-order valence-corrected chi connectivity index (χ3v) is 2.67. The Kier molecular flexibility index (Phi) is 5.49. The van der Waals surface area contributed by atoms with Gasteiger partial charge in [0.25, 0.3) is 0 Å². The van der Waals surface area contributed by atoms with Gasteiger partial charge >= 0.3 is 18.5 Å². The van der Waals surface area contributed by atoms with Gasteiger partial charge in [0, 0.05) is 11.8 Å². The number of carbonyl (C=O) groups excluding carboxylic acids is 1. The fourth-order valence-corrected chi connectivity index (χ4v) is 1.75. The van der Waals surface area contributed by atoms with Gasteiger partial charge in [-0.15, -0.1) is 24.8 Å². The minimum Gasteiger partial charge on any atom is -0.469 e. The Morgan fingerprint density at radius 3 is 2.27 bits per heavy atom. The summed E-state index contributed by atoms with van der Waals surface area (Å²) in [6.07, 6.45) is -11.3. The number of alkyl halides is 7. The highest BCUT2D eigenvalue weighted by atomic mass is 35.5. The summed E-state index contributed by atoms with van der Waals surface area (Å²) < 4.78 is 83.3. The first-order valence-electron chi connectivity index (χ1n) is 5.46. The van der Waals surface area contributed by atoms with E-state index in [9.17, 15) is 31.1 Å². The van der Waals surface area contributed by atoms with Gasteiger partial charge in [-0.2, -0.15) is 13.2 Å². The van der Waals surface area contributed by atoms with Crippen molar-refractivity contribution < 1.29 is 40.6 Å². The molecule has 0 aliphatic carbocycles. The average molecular weight is 352 g/mol. The number of methoxy groups -OCH3 is 1. The Morgan fingerprint density at radius 2 is 1.86 bits per heavy atom. The van der Waals surface area contributed by atoms with Crippen LogP contribution in [0, 0.1) is 0 Å². The molecular weight excluding hydrogens is 344 g/mol. The lowest BCUT2D eigenvalue weighted by Crippen LogP contribution is -2.23. The van der Waals surface area contributed by atoms with Gasteiger partial charge in [0.2, 0.25) is 0 Å². The van der Waals surface area contributed by atoms with Crippen molar-refractivity contribution in [1.29, 1.82) is 0 Å². The minimum absolute atomic E-state index is 0.166. The molecule has 0 radical (unpaired) electrons. The SMILES string of the molecule is COC(=O)Cc1c(CCl)ncc(C(F)(F)F)c1OC(F)(F)F. The maximum Gasteiger partial charge on any atom is 0.573 e. The Bertz CT molecular complexity index is 558. The van der Waals surface area contributed by atoms with E-state index in [1.165, 1.54) is 0 Å². The van der Waals surface area contributed by atoms with E-state index in [4.69, 9.17) is 11.6 Å². The van der Waals surface area contributed by atoms with Crippen LogP contribution in [-0.2, 0) is 28.0 Å². The number of pyridine rings is 1. The van der Waals surface area contributed by atoms with Crippen molar-refractivity contribution in [2.45, 2.75) is 24.8 Å². The monoisotopic (exact) mass is 351 g/mol. The summed E-state index contributed by atoms with van der Waals surface area (Å²) in [6, 6.07) is 0. The van der Waals surface area contributed by atoms with Gasteiger partial charge in [0.15, 0.2) is 0 Å². The number of ether oxygens (including phenoxy) is 2. The van der Waals surface area contributed by atoms with Crippen molar-refractivity contribution in [2.75, 3.05) is 7.11 Å². The van der Waals surface area contributed by atoms with Crippen molar-refractivity contribution >= 4 is 17.6 Å². The molecule has 0 bridgehead atoms. The van der Waals surface area contributed by atoms with Crippen LogP contribution in [0.4, 0.5) is 26.3 Å². The van der Waals surface area contributed by atoms with Gasteiger partial charge in [0.05, 0.1) is 25.1 Å². The molecule has 0 aliphatic heterocycles. The van der Waals surface area contributed by atoms with Crippen LogP contribution in [0.25, 0.3) is 0 Å². The molecule has 4 nitrogen and oxygen atoms in total. The smallest absolute Gasteiger partial charge is 0.469 e. The molecule has 0 fully saturated rings. The molecule has 0 unspecified atom stereocenters. The summed E-state index contributed by atoms with van der Waals surface area (Å²) in [5, 5.41) is 0. The molecule has 11 heteroatoms. The number of hydrogen-bond donors (Lipinski definition) is 0. The third kappa shape index (κ3) is 4.65. The molecule has 0 amide bonds. The van der Waals surface area contributed by atoms with Crippen LogP contribution in [0.5, 0.6) is 5.75 Å². The van der Waals surface area contributed by atoms with Gasteiger partial charge in [-0.25, -0.2) is 0 Å². The number of rotatable bonds is 4. The van der Waals surface area contributed by atoms with Gasteiger partial charge in [-0.3, -0.25) is 9.78 Å². The summed E-state index contributed by atoms with van der Waals surface area (Å²) in [6.45, 7) is 0. The minimum atomic E-state index is -5.39. The van der Waals surface area contributed by atoms with Gasteiger partial charge in [0.1, 0.15) is 11.3 Å². The molecule has 0 aromatic carbocycles. The largest absolute Gasteiger partial charge is 0.573 e. The van der Waals surface area contributed by atoms with Crippen LogP contribution in [-0.4, -0.2) is 24.4 Å². The van der Waals surface area contributed by atoms with E-state index in [0.29, 0.717) is 0 Å². The van der Waals surface area contributed by atoms with Gasteiger partial charge in [-0.1, -0.05) is 0 Å². The number of nitrogens with zero attached hydrogens (tertiary/aromatic N) is 1. The van der Waals surface area contributed by atoms with E-state index in [2.05, 4.69) is 14.5 Å². The average Bonchev–Trinajstić information content (AvgIpc) is 2.37. The molecule has 0 aliphatic rings. The normalized spacial score (nSPS) is 12.2. The number of aromatic nitrogens is 1. The maximum atomic E-state index is 12.8. The summed E-state index contributed by atoms with van der Waals surface area (Å²) in [7, 11) is 0.925. The van der Waals surface area contributed by atoms with Crippen molar-refractivity contribution in [2.24, 2.45) is 0 Å². The molecule has 0 saturated carbocycles. The first-order valence-corrected chi connectivity index (χ1v) is 5.99. The first-order chi connectivity index (χ1) is 9.99.